The Bertz CT molecular complexity index is 858. The number of hydrazone groups is 1. The molecule has 0 saturated heterocycles. The maximum Gasteiger partial charge on any atom is 0.163 e. The van der Waals surface area contributed by atoms with Gasteiger partial charge in [0.2, 0.25) is 0 Å². The van der Waals surface area contributed by atoms with Gasteiger partial charge in [-0.1, -0.05) is 71.8 Å². The Hall–Kier alpha value is -2.72. The predicted octanol–water partition coefficient (Wildman–Crippen LogP) is 4.94. The first-order valence-electron chi connectivity index (χ1n) is 7.59. The van der Waals surface area contributed by atoms with Gasteiger partial charge in [-0.15, -0.1) is 0 Å². The molecule has 0 aliphatic heterocycles. The maximum atomic E-state index is 6.11. The van der Waals surface area contributed by atoms with Crippen LogP contribution in [0.4, 0.5) is 5.82 Å². The molecular formula is C19H17ClN4. The van der Waals surface area contributed by atoms with Gasteiger partial charge in [-0.3, -0.25) is 5.43 Å². The van der Waals surface area contributed by atoms with Crippen LogP contribution in [0.2, 0.25) is 5.15 Å². The van der Waals surface area contributed by atoms with Gasteiger partial charge < -0.3 is 0 Å². The SMILES string of the molecule is CC(=NNc1cc(Cl)nc(-c2ccccc2)n1)c1ccc(C)cc1. The third kappa shape index (κ3) is 3.97. The van der Waals surface area contributed by atoms with Gasteiger partial charge in [0, 0.05) is 11.6 Å². The Kier molecular flexibility index (Phi) is 4.87. The zero-order valence-electron chi connectivity index (χ0n) is 13.5. The van der Waals surface area contributed by atoms with Crippen molar-refractivity contribution in [3.8, 4) is 11.4 Å². The largest absolute Gasteiger partial charge is 0.261 e. The monoisotopic (exact) mass is 336 g/mol. The lowest BCUT2D eigenvalue weighted by molar-refractivity contribution is 1.14. The van der Waals surface area contributed by atoms with Crippen molar-refractivity contribution in [1.29, 1.82) is 0 Å². The number of aromatic nitrogens is 2. The molecule has 5 heteroatoms. The van der Waals surface area contributed by atoms with Crippen LogP contribution in [0.3, 0.4) is 0 Å². The molecule has 0 spiro atoms. The van der Waals surface area contributed by atoms with Crippen LogP contribution in [0.1, 0.15) is 18.1 Å². The number of hydrogen-bond donors (Lipinski definition) is 1. The van der Waals surface area contributed by atoms with Crippen LogP contribution < -0.4 is 5.43 Å². The zero-order chi connectivity index (χ0) is 16.9. The topological polar surface area (TPSA) is 50.2 Å². The van der Waals surface area contributed by atoms with Crippen LogP contribution in [0.15, 0.2) is 65.8 Å². The molecule has 0 aliphatic carbocycles. The van der Waals surface area contributed by atoms with E-state index in [1.54, 1.807) is 6.07 Å². The van der Waals surface area contributed by atoms with Gasteiger partial charge in [-0.05, 0) is 19.4 Å². The van der Waals surface area contributed by atoms with Crippen molar-refractivity contribution in [2.75, 3.05) is 5.43 Å². The Labute approximate surface area is 146 Å². The first-order valence-corrected chi connectivity index (χ1v) is 7.97. The fourth-order valence-electron chi connectivity index (χ4n) is 2.19. The van der Waals surface area contributed by atoms with Crippen LogP contribution >= 0.6 is 11.6 Å². The number of nitrogens with one attached hydrogen (secondary N) is 1. The molecule has 1 N–H and O–H groups in total. The number of nitrogens with zero attached hydrogens (tertiary/aromatic N) is 3. The summed E-state index contributed by atoms with van der Waals surface area (Å²) in [6.45, 7) is 4.00. The number of rotatable bonds is 4. The molecular weight excluding hydrogens is 320 g/mol. The Balaban J connectivity index is 1.84. The Morgan fingerprint density at radius 1 is 1.00 bits per heavy atom. The standard InChI is InChI=1S/C19H17ClN4/c1-13-8-10-15(11-9-13)14(2)23-24-18-12-17(20)21-19(22-18)16-6-4-3-5-7-16/h3-12H,1-2H3,(H,21,22,24). The van der Waals surface area contributed by atoms with Crippen molar-refractivity contribution < 1.29 is 0 Å². The highest BCUT2D eigenvalue weighted by molar-refractivity contribution is 6.29. The highest BCUT2D eigenvalue weighted by atomic mass is 35.5. The van der Waals surface area contributed by atoms with E-state index in [9.17, 15) is 0 Å². The number of anilines is 1. The van der Waals surface area contributed by atoms with E-state index in [-0.39, 0.29) is 0 Å². The van der Waals surface area contributed by atoms with Gasteiger partial charge >= 0.3 is 0 Å². The molecule has 3 rings (SSSR count). The van der Waals surface area contributed by atoms with E-state index in [1.807, 2.05) is 49.4 Å². The lowest BCUT2D eigenvalue weighted by Crippen LogP contribution is -2.02. The summed E-state index contributed by atoms with van der Waals surface area (Å²) < 4.78 is 0. The van der Waals surface area contributed by atoms with Gasteiger partial charge in [0.25, 0.3) is 0 Å². The third-order valence-electron chi connectivity index (χ3n) is 3.53. The molecule has 2 aromatic carbocycles. The molecule has 0 radical (unpaired) electrons. The van der Waals surface area contributed by atoms with Crippen molar-refractivity contribution in [2.45, 2.75) is 13.8 Å². The fraction of sp³-hybridized carbons (Fsp3) is 0.105. The lowest BCUT2D eigenvalue weighted by Gasteiger charge is -2.06. The van der Waals surface area contributed by atoms with E-state index in [2.05, 4.69) is 39.6 Å². The molecule has 3 aromatic rings. The van der Waals surface area contributed by atoms with Gasteiger partial charge in [-0.2, -0.15) is 5.10 Å². The predicted molar refractivity (Wildman–Crippen MR) is 99.5 cm³/mol. The van der Waals surface area contributed by atoms with Crippen molar-refractivity contribution in [3.05, 3.63) is 76.9 Å². The molecule has 0 atom stereocenters. The highest BCUT2D eigenvalue weighted by Gasteiger charge is 2.05. The normalized spacial score (nSPS) is 11.4. The van der Waals surface area contributed by atoms with Gasteiger partial charge in [0.15, 0.2) is 11.6 Å². The van der Waals surface area contributed by atoms with E-state index < -0.39 is 0 Å². The summed E-state index contributed by atoms with van der Waals surface area (Å²) in [5.74, 6) is 1.12. The molecule has 24 heavy (non-hydrogen) atoms. The minimum atomic E-state index is 0.370. The summed E-state index contributed by atoms with van der Waals surface area (Å²) >= 11 is 6.11. The molecule has 0 amide bonds. The van der Waals surface area contributed by atoms with E-state index in [0.717, 1.165) is 16.8 Å². The van der Waals surface area contributed by atoms with Gasteiger partial charge in [-0.25, -0.2) is 9.97 Å². The average Bonchev–Trinajstić information content (AvgIpc) is 2.60. The minimum absolute atomic E-state index is 0.370. The first kappa shape index (κ1) is 16.1. The van der Waals surface area contributed by atoms with Crippen molar-refractivity contribution in [3.63, 3.8) is 0 Å². The van der Waals surface area contributed by atoms with E-state index in [1.165, 1.54) is 5.56 Å². The maximum absolute atomic E-state index is 6.11. The Morgan fingerprint density at radius 2 is 1.71 bits per heavy atom. The summed E-state index contributed by atoms with van der Waals surface area (Å²) in [4.78, 5) is 8.73. The summed E-state index contributed by atoms with van der Waals surface area (Å²) in [6.07, 6.45) is 0. The molecule has 0 fully saturated rings. The smallest absolute Gasteiger partial charge is 0.163 e. The number of aryl methyl sites for hydroxylation is 1. The zero-order valence-corrected chi connectivity index (χ0v) is 14.2. The summed E-state index contributed by atoms with van der Waals surface area (Å²) in [7, 11) is 0. The lowest BCUT2D eigenvalue weighted by atomic mass is 10.1. The third-order valence-corrected chi connectivity index (χ3v) is 3.73. The summed E-state index contributed by atoms with van der Waals surface area (Å²) in [5.41, 5.74) is 7.00. The van der Waals surface area contributed by atoms with Crippen LogP contribution in [0, 0.1) is 6.92 Å². The van der Waals surface area contributed by atoms with Gasteiger partial charge in [0.1, 0.15) is 5.15 Å². The Morgan fingerprint density at radius 3 is 2.42 bits per heavy atom. The molecule has 1 aromatic heterocycles. The van der Waals surface area contributed by atoms with Crippen molar-refractivity contribution in [2.24, 2.45) is 5.10 Å². The second-order valence-electron chi connectivity index (χ2n) is 5.44. The number of benzene rings is 2. The molecule has 0 saturated carbocycles. The van der Waals surface area contributed by atoms with Crippen molar-refractivity contribution >= 4 is 23.1 Å². The highest BCUT2D eigenvalue weighted by Crippen LogP contribution is 2.20. The van der Waals surface area contributed by atoms with Crippen LogP contribution in [0.5, 0.6) is 0 Å². The van der Waals surface area contributed by atoms with Crippen LogP contribution in [-0.2, 0) is 0 Å². The van der Waals surface area contributed by atoms with E-state index >= 15 is 0 Å². The average molecular weight is 337 g/mol. The summed E-state index contributed by atoms with van der Waals surface area (Å²) in [5, 5.41) is 4.76. The van der Waals surface area contributed by atoms with Gasteiger partial charge in [0.05, 0.1) is 5.71 Å². The molecule has 0 bridgehead atoms. The number of hydrogen-bond acceptors (Lipinski definition) is 4. The number of halogens is 1. The minimum Gasteiger partial charge on any atom is -0.261 e. The second kappa shape index (κ2) is 7.23. The molecule has 120 valence electrons. The quantitative estimate of drug-likeness (QED) is 0.417. The van der Waals surface area contributed by atoms with E-state index in [4.69, 9.17) is 11.6 Å². The summed E-state index contributed by atoms with van der Waals surface area (Å²) in [6, 6.07) is 19.6. The van der Waals surface area contributed by atoms with E-state index in [0.29, 0.717) is 16.8 Å². The molecule has 0 unspecified atom stereocenters. The fourth-order valence-corrected chi connectivity index (χ4v) is 2.38. The molecule has 0 aliphatic rings. The molecule has 4 nitrogen and oxygen atoms in total. The van der Waals surface area contributed by atoms with Crippen LogP contribution in [-0.4, -0.2) is 15.7 Å². The first-order chi connectivity index (χ1) is 11.6. The van der Waals surface area contributed by atoms with Crippen molar-refractivity contribution in [1.82, 2.24) is 9.97 Å². The second-order valence-corrected chi connectivity index (χ2v) is 5.83. The van der Waals surface area contributed by atoms with Crippen LogP contribution in [0.25, 0.3) is 11.4 Å². The molecule has 1 heterocycles.